The van der Waals surface area contributed by atoms with E-state index in [1.807, 2.05) is 4.90 Å². The first-order chi connectivity index (χ1) is 10.1. The minimum absolute atomic E-state index is 0.0109. The van der Waals surface area contributed by atoms with E-state index in [1.54, 1.807) is 12.1 Å². The number of ether oxygens (including phenoxy) is 2. The molecule has 0 radical (unpaired) electrons. The number of hydrogen-bond acceptors (Lipinski definition) is 4. The Morgan fingerprint density at radius 1 is 1.33 bits per heavy atom. The molecular formula is C15H20ClNO4. The van der Waals surface area contributed by atoms with Crippen LogP contribution in [0, 0.1) is 5.92 Å². The van der Waals surface area contributed by atoms with Gasteiger partial charge < -0.3 is 19.5 Å². The van der Waals surface area contributed by atoms with Gasteiger partial charge in [-0.3, -0.25) is 4.79 Å². The van der Waals surface area contributed by atoms with E-state index in [4.69, 9.17) is 21.1 Å². The Morgan fingerprint density at radius 3 is 2.43 bits per heavy atom. The van der Waals surface area contributed by atoms with E-state index in [0.29, 0.717) is 43.3 Å². The molecule has 2 rings (SSSR count). The van der Waals surface area contributed by atoms with Crippen molar-refractivity contribution < 1.29 is 19.4 Å². The van der Waals surface area contributed by atoms with Crippen LogP contribution < -0.4 is 9.47 Å². The molecule has 1 heterocycles. The molecule has 21 heavy (non-hydrogen) atoms. The van der Waals surface area contributed by atoms with Gasteiger partial charge in [0.1, 0.15) is 0 Å². The largest absolute Gasteiger partial charge is 0.502 e. The Labute approximate surface area is 129 Å². The predicted octanol–water partition coefficient (Wildman–Crippen LogP) is 2.04. The summed E-state index contributed by atoms with van der Waals surface area (Å²) in [6, 6.07) is 3.52. The van der Waals surface area contributed by atoms with Crippen molar-refractivity contribution in [3.8, 4) is 17.2 Å². The van der Waals surface area contributed by atoms with Gasteiger partial charge in [0.15, 0.2) is 11.5 Å². The molecule has 6 heteroatoms. The molecule has 1 N–H and O–H groups in total. The van der Waals surface area contributed by atoms with Crippen LogP contribution in [0.5, 0.6) is 17.2 Å². The number of alkyl halides is 1. The Kier molecular flexibility index (Phi) is 5.17. The molecule has 0 aromatic heterocycles. The number of methoxy groups -OCH3 is 2. The van der Waals surface area contributed by atoms with Gasteiger partial charge in [0.25, 0.3) is 0 Å². The molecule has 116 valence electrons. The highest BCUT2D eigenvalue weighted by atomic mass is 35.5. The average Bonchev–Trinajstić information content (AvgIpc) is 2.86. The van der Waals surface area contributed by atoms with E-state index in [0.717, 1.165) is 5.56 Å². The van der Waals surface area contributed by atoms with Crippen LogP contribution in [0.3, 0.4) is 0 Å². The molecule has 1 unspecified atom stereocenters. The number of phenolic OH excluding ortho intramolecular Hbond substituents is 1. The molecule has 1 atom stereocenters. The fourth-order valence-corrected chi connectivity index (χ4v) is 2.74. The number of halogens is 1. The first kappa shape index (κ1) is 15.8. The molecule has 1 aromatic rings. The van der Waals surface area contributed by atoms with Crippen LogP contribution in [0.25, 0.3) is 0 Å². The molecule has 1 saturated heterocycles. The lowest BCUT2D eigenvalue weighted by Gasteiger charge is -2.17. The fourth-order valence-electron chi connectivity index (χ4n) is 2.53. The molecule has 1 amide bonds. The normalized spacial score (nSPS) is 18.1. The summed E-state index contributed by atoms with van der Waals surface area (Å²) in [5.74, 6) is 1.65. The SMILES string of the molecule is COc1cc(CCN2CC(CCl)CC2=O)cc(OC)c1O. The van der Waals surface area contributed by atoms with Crippen LogP contribution in [0.15, 0.2) is 12.1 Å². The predicted molar refractivity (Wildman–Crippen MR) is 80.3 cm³/mol. The zero-order valence-corrected chi connectivity index (χ0v) is 13.0. The van der Waals surface area contributed by atoms with Crippen molar-refractivity contribution in [1.29, 1.82) is 0 Å². The van der Waals surface area contributed by atoms with Crippen LogP contribution in [0.2, 0.25) is 0 Å². The third-order valence-electron chi connectivity index (χ3n) is 3.72. The lowest BCUT2D eigenvalue weighted by atomic mass is 10.1. The van der Waals surface area contributed by atoms with Crippen LogP contribution in [-0.2, 0) is 11.2 Å². The van der Waals surface area contributed by atoms with Crippen molar-refractivity contribution in [3.05, 3.63) is 17.7 Å². The second kappa shape index (κ2) is 6.89. The number of carbonyl (C=O) groups excluding carboxylic acids is 1. The van der Waals surface area contributed by atoms with Crippen LogP contribution in [-0.4, -0.2) is 49.1 Å². The summed E-state index contributed by atoms with van der Waals surface area (Å²) in [4.78, 5) is 13.7. The summed E-state index contributed by atoms with van der Waals surface area (Å²) >= 11 is 5.81. The summed E-state index contributed by atoms with van der Waals surface area (Å²) in [5.41, 5.74) is 0.948. The Morgan fingerprint density at radius 2 is 1.95 bits per heavy atom. The van der Waals surface area contributed by atoms with Crippen LogP contribution in [0.1, 0.15) is 12.0 Å². The Balaban J connectivity index is 2.05. The highest BCUT2D eigenvalue weighted by Crippen LogP contribution is 2.37. The monoisotopic (exact) mass is 313 g/mol. The molecule has 1 aromatic carbocycles. The third-order valence-corrected chi connectivity index (χ3v) is 4.16. The third kappa shape index (κ3) is 3.53. The van der Waals surface area contributed by atoms with E-state index in [2.05, 4.69) is 0 Å². The minimum Gasteiger partial charge on any atom is -0.502 e. The van der Waals surface area contributed by atoms with E-state index in [-0.39, 0.29) is 17.6 Å². The fraction of sp³-hybridized carbons (Fsp3) is 0.533. The minimum atomic E-state index is -0.0109. The van der Waals surface area contributed by atoms with Crippen molar-refractivity contribution >= 4 is 17.5 Å². The van der Waals surface area contributed by atoms with Gasteiger partial charge in [-0.2, -0.15) is 0 Å². The van der Waals surface area contributed by atoms with Crippen molar-refractivity contribution in [1.82, 2.24) is 4.90 Å². The number of hydrogen-bond donors (Lipinski definition) is 1. The van der Waals surface area contributed by atoms with Gasteiger partial charge in [-0.15, -0.1) is 11.6 Å². The van der Waals surface area contributed by atoms with Crippen LogP contribution >= 0.6 is 11.6 Å². The van der Waals surface area contributed by atoms with Crippen LogP contribution in [0.4, 0.5) is 0 Å². The van der Waals surface area contributed by atoms with Gasteiger partial charge in [0, 0.05) is 25.4 Å². The summed E-state index contributed by atoms with van der Waals surface area (Å²) in [6.07, 6.45) is 1.21. The highest BCUT2D eigenvalue weighted by Gasteiger charge is 2.28. The second-order valence-corrected chi connectivity index (χ2v) is 5.47. The first-order valence-corrected chi connectivity index (χ1v) is 7.40. The average molecular weight is 314 g/mol. The highest BCUT2D eigenvalue weighted by molar-refractivity contribution is 6.18. The quantitative estimate of drug-likeness (QED) is 0.817. The summed E-state index contributed by atoms with van der Waals surface area (Å²) in [5, 5.41) is 9.87. The Bertz CT molecular complexity index is 495. The zero-order valence-electron chi connectivity index (χ0n) is 12.3. The number of carbonyl (C=O) groups is 1. The molecule has 0 spiro atoms. The molecular weight excluding hydrogens is 294 g/mol. The van der Waals surface area contributed by atoms with Gasteiger partial charge in [-0.1, -0.05) is 0 Å². The standard InChI is InChI=1S/C15H20ClNO4/c1-20-12-5-10(6-13(21-2)15(12)19)3-4-17-9-11(8-16)7-14(17)18/h5-6,11,19H,3-4,7-9H2,1-2H3. The molecule has 0 saturated carbocycles. The maximum Gasteiger partial charge on any atom is 0.222 e. The van der Waals surface area contributed by atoms with Gasteiger partial charge in [0.05, 0.1) is 14.2 Å². The summed E-state index contributed by atoms with van der Waals surface area (Å²) in [6.45, 7) is 1.35. The van der Waals surface area contributed by atoms with E-state index >= 15 is 0 Å². The molecule has 1 fully saturated rings. The first-order valence-electron chi connectivity index (χ1n) is 6.86. The number of nitrogens with zero attached hydrogens (tertiary/aromatic N) is 1. The molecule has 1 aliphatic heterocycles. The van der Waals surface area contributed by atoms with Crippen molar-refractivity contribution in [2.24, 2.45) is 5.92 Å². The maximum atomic E-state index is 11.8. The second-order valence-electron chi connectivity index (χ2n) is 5.16. The molecule has 1 aliphatic rings. The number of amides is 1. The molecule has 0 bridgehead atoms. The van der Waals surface area contributed by atoms with E-state index in [1.165, 1.54) is 14.2 Å². The van der Waals surface area contributed by atoms with Gasteiger partial charge >= 0.3 is 0 Å². The number of rotatable bonds is 6. The topological polar surface area (TPSA) is 59.0 Å². The summed E-state index contributed by atoms with van der Waals surface area (Å²) < 4.78 is 10.3. The smallest absolute Gasteiger partial charge is 0.222 e. The Hall–Kier alpha value is -1.62. The lowest BCUT2D eigenvalue weighted by Crippen LogP contribution is -2.27. The molecule has 0 aliphatic carbocycles. The van der Waals surface area contributed by atoms with Gasteiger partial charge in [-0.05, 0) is 30.0 Å². The number of benzene rings is 1. The lowest BCUT2D eigenvalue weighted by molar-refractivity contribution is -0.127. The number of likely N-dealkylation sites (tertiary alicyclic amines) is 1. The van der Waals surface area contributed by atoms with E-state index in [9.17, 15) is 9.90 Å². The van der Waals surface area contributed by atoms with E-state index < -0.39 is 0 Å². The zero-order chi connectivity index (χ0) is 15.4. The van der Waals surface area contributed by atoms with Gasteiger partial charge in [0.2, 0.25) is 11.7 Å². The summed E-state index contributed by atoms with van der Waals surface area (Å²) in [7, 11) is 2.99. The number of phenols is 1. The van der Waals surface area contributed by atoms with Crippen molar-refractivity contribution in [2.75, 3.05) is 33.2 Å². The van der Waals surface area contributed by atoms with Crippen molar-refractivity contribution in [3.63, 3.8) is 0 Å². The van der Waals surface area contributed by atoms with Gasteiger partial charge in [-0.25, -0.2) is 0 Å². The van der Waals surface area contributed by atoms with Crippen molar-refractivity contribution in [2.45, 2.75) is 12.8 Å². The molecule has 5 nitrogen and oxygen atoms in total. The number of aromatic hydroxyl groups is 1. The maximum absolute atomic E-state index is 11.8.